The summed E-state index contributed by atoms with van der Waals surface area (Å²) < 4.78 is 5.20. The molecular formula is C21H20N2O4S. The predicted octanol–water partition coefficient (Wildman–Crippen LogP) is 4.08. The zero-order chi connectivity index (χ0) is 20.1. The number of amides is 1. The van der Waals surface area contributed by atoms with E-state index in [1.165, 1.54) is 11.8 Å². The lowest BCUT2D eigenvalue weighted by Crippen LogP contribution is -2.28. The highest BCUT2D eigenvalue weighted by molar-refractivity contribution is 8.18. The van der Waals surface area contributed by atoms with Crippen molar-refractivity contribution in [2.75, 3.05) is 13.2 Å². The second-order valence-corrected chi connectivity index (χ2v) is 7.15. The van der Waals surface area contributed by atoms with Crippen LogP contribution < -0.4 is 4.74 Å². The number of carboxylic acids is 1. The second kappa shape index (κ2) is 8.75. The van der Waals surface area contributed by atoms with Gasteiger partial charge in [0.2, 0.25) is 0 Å². The molecule has 0 unspecified atom stereocenters. The molecule has 6 nitrogen and oxygen atoms in total. The first-order valence-corrected chi connectivity index (χ1v) is 9.59. The quantitative estimate of drug-likeness (QED) is 0.744. The Morgan fingerprint density at radius 3 is 2.68 bits per heavy atom. The summed E-state index contributed by atoms with van der Waals surface area (Å²) in [7, 11) is 0. The van der Waals surface area contributed by atoms with E-state index in [-0.39, 0.29) is 5.91 Å². The van der Waals surface area contributed by atoms with Crippen LogP contribution in [-0.2, 0) is 9.59 Å². The minimum Gasteiger partial charge on any atom is -0.482 e. The van der Waals surface area contributed by atoms with Crippen molar-refractivity contribution < 1.29 is 19.4 Å². The molecule has 7 heteroatoms. The average molecular weight is 396 g/mol. The number of carbonyl (C=O) groups is 2. The Kier molecular flexibility index (Phi) is 6.16. The number of aryl methyl sites for hydroxylation is 1. The number of aliphatic imine (C=N–C) groups is 1. The van der Waals surface area contributed by atoms with Crippen LogP contribution in [-0.4, -0.2) is 40.2 Å². The molecule has 2 aromatic carbocycles. The van der Waals surface area contributed by atoms with Gasteiger partial charge in [-0.25, -0.2) is 9.79 Å². The fraction of sp³-hybridized carbons (Fsp3) is 0.190. The van der Waals surface area contributed by atoms with E-state index in [2.05, 4.69) is 4.99 Å². The third kappa shape index (κ3) is 4.80. The maximum atomic E-state index is 12.7. The molecule has 144 valence electrons. The van der Waals surface area contributed by atoms with Crippen molar-refractivity contribution in [3.05, 3.63) is 64.6 Å². The summed E-state index contributed by atoms with van der Waals surface area (Å²) in [5.41, 5.74) is 2.70. The number of ether oxygens (including phenoxy) is 1. The third-order valence-corrected chi connectivity index (χ3v) is 4.99. The van der Waals surface area contributed by atoms with Crippen molar-refractivity contribution >= 4 is 40.6 Å². The number of likely N-dealkylation sites (N-methyl/N-ethyl adjacent to an activating group) is 1. The summed E-state index contributed by atoms with van der Waals surface area (Å²) in [5, 5.41) is 9.37. The molecule has 0 bridgehead atoms. The first-order valence-electron chi connectivity index (χ1n) is 8.77. The van der Waals surface area contributed by atoms with Gasteiger partial charge < -0.3 is 9.84 Å². The second-order valence-electron chi connectivity index (χ2n) is 6.14. The number of carboxylic acid groups (broad SMARTS) is 1. The number of thioether (sulfide) groups is 1. The largest absolute Gasteiger partial charge is 0.482 e. The highest BCUT2D eigenvalue weighted by Gasteiger charge is 2.32. The van der Waals surface area contributed by atoms with Gasteiger partial charge in [-0.05, 0) is 61.5 Å². The van der Waals surface area contributed by atoms with Crippen molar-refractivity contribution in [1.29, 1.82) is 0 Å². The summed E-state index contributed by atoms with van der Waals surface area (Å²) in [6.45, 7) is 4.03. The van der Waals surface area contributed by atoms with Crippen LogP contribution in [0.25, 0.3) is 6.08 Å². The first kappa shape index (κ1) is 19.7. The van der Waals surface area contributed by atoms with Crippen molar-refractivity contribution in [1.82, 2.24) is 4.90 Å². The molecular weight excluding hydrogens is 376 g/mol. The highest BCUT2D eigenvalue weighted by Crippen LogP contribution is 2.34. The van der Waals surface area contributed by atoms with Gasteiger partial charge in [0.1, 0.15) is 5.75 Å². The van der Waals surface area contributed by atoms with Crippen molar-refractivity contribution in [2.24, 2.45) is 4.99 Å². The van der Waals surface area contributed by atoms with Gasteiger partial charge in [-0.2, -0.15) is 0 Å². The molecule has 0 atom stereocenters. The van der Waals surface area contributed by atoms with Crippen molar-refractivity contribution in [3.8, 4) is 5.75 Å². The topological polar surface area (TPSA) is 79.2 Å². The van der Waals surface area contributed by atoms with Crippen molar-refractivity contribution in [2.45, 2.75) is 13.8 Å². The number of aliphatic carboxylic acids is 1. The zero-order valence-electron chi connectivity index (χ0n) is 15.6. The van der Waals surface area contributed by atoms with E-state index in [0.717, 1.165) is 16.8 Å². The summed E-state index contributed by atoms with van der Waals surface area (Å²) in [5.74, 6) is -0.705. The lowest BCUT2D eigenvalue weighted by atomic mass is 10.2. The van der Waals surface area contributed by atoms with Crippen LogP contribution in [0.3, 0.4) is 0 Å². The van der Waals surface area contributed by atoms with Crippen LogP contribution >= 0.6 is 11.8 Å². The molecule has 1 fully saturated rings. The molecule has 0 saturated carbocycles. The van der Waals surface area contributed by atoms with Gasteiger partial charge in [-0.15, -0.1) is 0 Å². The van der Waals surface area contributed by atoms with E-state index in [4.69, 9.17) is 9.84 Å². The third-order valence-electron chi connectivity index (χ3n) is 3.98. The molecule has 0 radical (unpaired) electrons. The number of carbonyl (C=O) groups excluding carboxylic acids is 1. The molecule has 28 heavy (non-hydrogen) atoms. The highest BCUT2D eigenvalue weighted by atomic mass is 32.2. The van der Waals surface area contributed by atoms with Crippen LogP contribution in [0.15, 0.2) is 58.4 Å². The van der Waals surface area contributed by atoms with Gasteiger partial charge in [0.15, 0.2) is 11.8 Å². The molecule has 1 heterocycles. The summed E-state index contributed by atoms with van der Waals surface area (Å²) >= 11 is 1.32. The number of nitrogens with zero attached hydrogens (tertiary/aromatic N) is 2. The predicted molar refractivity (Wildman–Crippen MR) is 111 cm³/mol. The Morgan fingerprint density at radius 2 is 2.00 bits per heavy atom. The van der Waals surface area contributed by atoms with E-state index in [1.807, 2.05) is 44.2 Å². The molecule has 1 amide bonds. The van der Waals surface area contributed by atoms with E-state index in [1.54, 1.807) is 29.2 Å². The van der Waals surface area contributed by atoms with E-state index < -0.39 is 12.6 Å². The summed E-state index contributed by atoms with van der Waals surface area (Å²) in [6.07, 6.45) is 1.76. The summed E-state index contributed by atoms with van der Waals surface area (Å²) in [4.78, 5) is 30.2. The fourth-order valence-corrected chi connectivity index (χ4v) is 3.65. The maximum absolute atomic E-state index is 12.7. The van der Waals surface area contributed by atoms with E-state index in [0.29, 0.717) is 22.4 Å². The van der Waals surface area contributed by atoms with Crippen LogP contribution in [0, 0.1) is 6.92 Å². The standard InChI is InChI=1S/C21H20N2O4S/c1-3-23-20(26)18(28-21(23)22-16-9-7-14(2)8-10-16)12-15-5-4-6-17(11-15)27-13-19(24)25/h4-12H,3,13H2,1-2H3,(H,24,25)/b18-12+,22-21?. The summed E-state index contributed by atoms with van der Waals surface area (Å²) in [6, 6.07) is 14.8. The Hall–Kier alpha value is -3.06. The van der Waals surface area contributed by atoms with Gasteiger partial charge in [0.25, 0.3) is 5.91 Å². The van der Waals surface area contributed by atoms with Gasteiger partial charge in [-0.1, -0.05) is 29.8 Å². The number of rotatable bonds is 6. The molecule has 0 aliphatic carbocycles. The van der Waals surface area contributed by atoms with Crippen LogP contribution in [0.4, 0.5) is 5.69 Å². The minimum atomic E-state index is -1.04. The van der Waals surface area contributed by atoms with Crippen molar-refractivity contribution in [3.63, 3.8) is 0 Å². The normalized spacial score (nSPS) is 16.8. The first-order chi connectivity index (χ1) is 13.5. The fourth-order valence-electron chi connectivity index (χ4n) is 2.59. The van der Waals surface area contributed by atoms with Gasteiger partial charge in [0, 0.05) is 6.54 Å². The molecule has 2 aromatic rings. The molecule has 1 aliphatic heterocycles. The maximum Gasteiger partial charge on any atom is 0.341 e. The van der Waals surface area contributed by atoms with Gasteiger partial charge >= 0.3 is 5.97 Å². The van der Waals surface area contributed by atoms with Crippen LogP contribution in [0.1, 0.15) is 18.1 Å². The van der Waals surface area contributed by atoms with Crippen LogP contribution in [0.5, 0.6) is 5.75 Å². The Bertz CT molecular complexity index is 951. The number of hydrogen-bond acceptors (Lipinski definition) is 5. The number of amidine groups is 1. The number of benzene rings is 2. The average Bonchev–Trinajstić information content (AvgIpc) is 2.96. The Labute approximate surface area is 167 Å². The molecule has 1 saturated heterocycles. The molecule has 3 rings (SSSR count). The lowest BCUT2D eigenvalue weighted by Gasteiger charge is -2.12. The van der Waals surface area contributed by atoms with Gasteiger partial charge in [0.05, 0.1) is 10.6 Å². The zero-order valence-corrected chi connectivity index (χ0v) is 16.4. The lowest BCUT2D eigenvalue weighted by molar-refractivity contribution is -0.139. The van der Waals surface area contributed by atoms with Crippen LogP contribution in [0.2, 0.25) is 0 Å². The molecule has 1 aliphatic rings. The monoisotopic (exact) mass is 396 g/mol. The van der Waals surface area contributed by atoms with E-state index in [9.17, 15) is 9.59 Å². The molecule has 1 N–H and O–H groups in total. The van der Waals surface area contributed by atoms with E-state index >= 15 is 0 Å². The molecule has 0 spiro atoms. The smallest absolute Gasteiger partial charge is 0.341 e. The van der Waals surface area contributed by atoms with Gasteiger partial charge in [-0.3, -0.25) is 9.69 Å². The Balaban J connectivity index is 1.84. The molecule has 0 aromatic heterocycles. The Morgan fingerprint density at radius 1 is 1.25 bits per heavy atom. The minimum absolute atomic E-state index is 0.102. The SMILES string of the molecule is CCN1C(=O)/C(=C\c2cccc(OCC(=O)O)c2)SC1=Nc1ccc(C)cc1. The number of hydrogen-bond donors (Lipinski definition) is 1.